The molecule has 0 spiro atoms. The maximum Gasteiger partial charge on any atom is 0.182 e. The van der Waals surface area contributed by atoms with Crippen LogP contribution in [0.15, 0.2) is 28.7 Å². The highest BCUT2D eigenvalue weighted by Gasteiger charge is 2.15. The molecular formula is C13H5BrCl3FN2S. The predicted molar refractivity (Wildman–Crippen MR) is 91.1 cm³/mol. The molecule has 0 saturated carbocycles. The molecule has 21 heavy (non-hydrogen) atoms. The average Bonchev–Trinajstić information content (AvgIpc) is 2.73. The second-order valence-corrected chi connectivity index (χ2v) is 6.65. The van der Waals surface area contributed by atoms with E-state index >= 15 is 0 Å². The molecule has 108 valence electrons. The third-order valence-corrected chi connectivity index (χ3v) is 5.32. The van der Waals surface area contributed by atoms with Gasteiger partial charge >= 0.3 is 0 Å². The van der Waals surface area contributed by atoms with Crippen molar-refractivity contribution in [2.24, 2.45) is 0 Å². The monoisotopic (exact) mass is 424 g/mol. The molecule has 0 aliphatic heterocycles. The van der Waals surface area contributed by atoms with Crippen molar-refractivity contribution in [1.82, 2.24) is 9.55 Å². The molecule has 0 radical (unpaired) electrons. The van der Waals surface area contributed by atoms with Crippen LogP contribution in [0.2, 0.25) is 15.1 Å². The maximum atomic E-state index is 13.5. The molecule has 1 N–H and O–H groups in total. The molecule has 0 aliphatic rings. The normalized spacial score (nSPS) is 11.3. The van der Waals surface area contributed by atoms with Gasteiger partial charge in [-0.1, -0.05) is 34.8 Å². The molecule has 1 heterocycles. The number of nitrogens with zero attached hydrogens (tertiary/aromatic N) is 1. The zero-order valence-electron chi connectivity index (χ0n) is 10.1. The molecule has 3 rings (SSSR count). The van der Waals surface area contributed by atoms with Gasteiger partial charge in [0.1, 0.15) is 5.82 Å². The average molecular weight is 427 g/mol. The highest BCUT2D eigenvalue weighted by molar-refractivity contribution is 9.10. The number of hydrogen-bond acceptors (Lipinski definition) is 1. The van der Waals surface area contributed by atoms with E-state index in [0.717, 1.165) is 0 Å². The number of hydrogen-bond donors (Lipinski definition) is 1. The van der Waals surface area contributed by atoms with Crippen LogP contribution in [0, 0.1) is 10.6 Å². The number of fused-ring (bicyclic) bond motifs is 1. The van der Waals surface area contributed by atoms with Crippen LogP contribution >= 0.6 is 63.0 Å². The Morgan fingerprint density at radius 3 is 2.57 bits per heavy atom. The van der Waals surface area contributed by atoms with Crippen molar-refractivity contribution in [2.75, 3.05) is 0 Å². The first-order chi connectivity index (χ1) is 9.90. The zero-order valence-corrected chi connectivity index (χ0v) is 14.7. The number of aromatic amines is 1. The summed E-state index contributed by atoms with van der Waals surface area (Å²) in [5.74, 6) is -0.521. The van der Waals surface area contributed by atoms with Gasteiger partial charge in [0, 0.05) is 10.5 Å². The Balaban J connectivity index is 2.41. The Morgan fingerprint density at radius 2 is 1.86 bits per heavy atom. The summed E-state index contributed by atoms with van der Waals surface area (Å²) in [7, 11) is 0. The van der Waals surface area contributed by atoms with Crippen LogP contribution < -0.4 is 0 Å². The number of aromatic nitrogens is 2. The lowest BCUT2D eigenvalue weighted by Gasteiger charge is -2.09. The molecule has 0 unspecified atom stereocenters. The highest BCUT2D eigenvalue weighted by Crippen LogP contribution is 2.36. The van der Waals surface area contributed by atoms with Gasteiger partial charge in [-0.05, 0) is 46.3 Å². The van der Waals surface area contributed by atoms with Crippen LogP contribution in [-0.2, 0) is 0 Å². The van der Waals surface area contributed by atoms with Crippen molar-refractivity contribution >= 4 is 74.0 Å². The second-order valence-electron chi connectivity index (χ2n) is 4.24. The predicted octanol–water partition coefficient (Wildman–Crippen LogP) is 6.55. The van der Waals surface area contributed by atoms with Gasteiger partial charge in [-0.3, -0.25) is 4.57 Å². The number of benzene rings is 2. The molecule has 1 aromatic heterocycles. The summed E-state index contributed by atoms with van der Waals surface area (Å²) in [6.45, 7) is 0. The van der Waals surface area contributed by atoms with Crippen LogP contribution in [-0.4, -0.2) is 9.55 Å². The lowest BCUT2D eigenvalue weighted by atomic mass is 10.2. The third-order valence-electron chi connectivity index (χ3n) is 2.98. The van der Waals surface area contributed by atoms with Crippen molar-refractivity contribution in [2.45, 2.75) is 0 Å². The zero-order chi connectivity index (χ0) is 15.3. The Hall–Kier alpha value is -0.590. The summed E-state index contributed by atoms with van der Waals surface area (Å²) in [6, 6.07) is 6.30. The molecule has 0 atom stereocenters. The molecule has 8 heteroatoms. The summed E-state index contributed by atoms with van der Waals surface area (Å²) in [5, 5.41) is 0.715. The summed E-state index contributed by atoms with van der Waals surface area (Å²) in [4.78, 5) is 2.92. The summed E-state index contributed by atoms with van der Waals surface area (Å²) < 4.78 is 16.2. The molecule has 0 aliphatic carbocycles. The minimum Gasteiger partial charge on any atom is -0.330 e. The summed E-state index contributed by atoms with van der Waals surface area (Å²) in [6.07, 6.45) is 0. The van der Waals surface area contributed by atoms with Crippen molar-refractivity contribution < 1.29 is 4.39 Å². The maximum absolute atomic E-state index is 13.5. The number of halogens is 5. The van der Waals surface area contributed by atoms with E-state index in [2.05, 4.69) is 20.9 Å². The molecule has 2 nitrogen and oxygen atoms in total. The summed E-state index contributed by atoms with van der Waals surface area (Å²) in [5.41, 5.74) is 1.73. The van der Waals surface area contributed by atoms with E-state index in [0.29, 0.717) is 36.0 Å². The van der Waals surface area contributed by atoms with Gasteiger partial charge in [-0.25, -0.2) is 4.39 Å². The Kier molecular flexibility index (Phi) is 4.05. The SMILES string of the molecule is Fc1cc2[nH]c(=S)n(-c3ccc(Br)c(Cl)c3Cl)c2cc1Cl. The van der Waals surface area contributed by atoms with Gasteiger partial charge in [0.05, 0.1) is 31.8 Å². The van der Waals surface area contributed by atoms with E-state index in [1.165, 1.54) is 12.1 Å². The second kappa shape index (κ2) is 5.56. The number of rotatable bonds is 1. The van der Waals surface area contributed by atoms with Gasteiger partial charge in [0.2, 0.25) is 0 Å². The number of H-pyrrole nitrogens is 1. The van der Waals surface area contributed by atoms with Crippen molar-refractivity contribution in [1.29, 1.82) is 0 Å². The van der Waals surface area contributed by atoms with E-state index in [9.17, 15) is 4.39 Å². The quantitative estimate of drug-likeness (QED) is 0.346. The standard InChI is InChI=1S/C13H5BrCl3FN2S/c14-5-1-2-9(12(17)11(5)16)20-10-3-6(15)7(18)4-8(10)19-13(20)21/h1-4H,(H,19,21). The Labute approximate surface area is 147 Å². The smallest absolute Gasteiger partial charge is 0.182 e. The van der Waals surface area contributed by atoms with Gasteiger partial charge in [-0.2, -0.15) is 0 Å². The van der Waals surface area contributed by atoms with Crippen LogP contribution in [0.25, 0.3) is 16.7 Å². The third kappa shape index (κ3) is 2.51. The lowest BCUT2D eigenvalue weighted by molar-refractivity contribution is 0.630. The molecule has 3 aromatic rings. The topological polar surface area (TPSA) is 20.7 Å². The molecule has 0 amide bonds. The van der Waals surface area contributed by atoms with E-state index in [4.69, 9.17) is 47.0 Å². The number of nitrogens with one attached hydrogen (secondary N) is 1. The molecule has 2 aromatic carbocycles. The Morgan fingerprint density at radius 1 is 1.14 bits per heavy atom. The fraction of sp³-hybridized carbons (Fsp3) is 0. The molecule has 0 fully saturated rings. The molecule has 0 saturated heterocycles. The van der Waals surface area contributed by atoms with Gasteiger partial charge in [0.25, 0.3) is 0 Å². The van der Waals surface area contributed by atoms with E-state index in [1.807, 2.05) is 0 Å². The first-order valence-electron chi connectivity index (χ1n) is 5.64. The van der Waals surface area contributed by atoms with Crippen LogP contribution in [0.1, 0.15) is 0 Å². The van der Waals surface area contributed by atoms with Gasteiger partial charge < -0.3 is 4.98 Å². The molecular weight excluding hydrogens is 421 g/mol. The van der Waals surface area contributed by atoms with Crippen molar-refractivity contribution in [3.05, 3.63) is 54.4 Å². The van der Waals surface area contributed by atoms with Crippen molar-refractivity contribution in [3.8, 4) is 5.69 Å². The molecule has 0 bridgehead atoms. The Bertz CT molecular complexity index is 935. The summed E-state index contributed by atoms with van der Waals surface area (Å²) >= 11 is 26.9. The number of imidazole rings is 1. The first-order valence-corrected chi connectivity index (χ1v) is 7.97. The minimum absolute atomic E-state index is 0.00424. The first kappa shape index (κ1) is 15.3. The lowest BCUT2D eigenvalue weighted by Crippen LogP contribution is -1.96. The van der Waals surface area contributed by atoms with Crippen LogP contribution in [0.4, 0.5) is 4.39 Å². The largest absolute Gasteiger partial charge is 0.330 e. The van der Waals surface area contributed by atoms with Crippen molar-refractivity contribution in [3.63, 3.8) is 0 Å². The minimum atomic E-state index is -0.521. The van der Waals surface area contributed by atoms with E-state index in [1.54, 1.807) is 16.7 Å². The van der Waals surface area contributed by atoms with Gasteiger partial charge in [-0.15, -0.1) is 0 Å². The van der Waals surface area contributed by atoms with E-state index in [-0.39, 0.29) is 5.02 Å². The van der Waals surface area contributed by atoms with Crippen LogP contribution in [0.5, 0.6) is 0 Å². The van der Waals surface area contributed by atoms with E-state index < -0.39 is 5.82 Å². The fourth-order valence-electron chi connectivity index (χ4n) is 2.03. The van der Waals surface area contributed by atoms with Crippen LogP contribution in [0.3, 0.4) is 0 Å². The fourth-order valence-corrected chi connectivity index (χ4v) is 3.35. The van der Waals surface area contributed by atoms with Gasteiger partial charge in [0.15, 0.2) is 4.77 Å². The highest BCUT2D eigenvalue weighted by atomic mass is 79.9.